The van der Waals surface area contributed by atoms with E-state index in [1.54, 1.807) is 0 Å². The highest BCUT2D eigenvalue weighted by atomic mass is 19.3. The summed E-state index contributed by atoms with van der Waals surface area (Å²) in [4.78, 5) is 21.5. The average Bonchev–Trinajstić information content (AvgIpc) is 2.71. The first-order valence-electron chi connectivity index (χ1n) is 6.42. The number of hydrogen-bond acceptors (Lipinski definition) is 5. The molecule has 1 aliphatic heterocycles. The molecular formula is C14H16F2N2O5. The van der Waals surface area contributed by atoms with Crippen molar-refractivity contribution in [1.29, 1.82) is 0 Å². The molecule has 7 nitrogen and oxygen atoms in total. The lowest BCUT2D eigenvalue weighted by atomic mass is 10.3. The second-order valence-electron chi connectivity index (χ2n) is 4.23. The molecule has 0 spiro atoms. The lowest BCUT2D eigenvalue weighted by Gasteiger charge is -2.07. The fourth-order valence-corrected chi connectivity index (χ4v) is 1.41. The first-order valence-corrected chi connectivity index (χ1v) is 6.42. The Balaban J connectivity index is 2.26. The number of nitrogens with one attached hydrogen (secondary N) is 2. The molecule has 23 heavy (non-hydrogen) atoms. The molecule has 1 aliphatic rings. The monoisotopic (exact) mass is 330 g/mol. The van der Waals surface area contributed by atoms with Gasteiger partial charge in [0.2, 0.25) is 6.41 Å². The Bertz CT molecular complexity index is 543. The Kier molecular flexibility index (Phi) is 6.78. The van der Waals surface area contributed by atoms with Crippen molar-refractivity contribution < 1.29 is 32.6 Å². The summed E-state index contributed by atoms with van der Waals surface area (Å²) in [6.45, 7) is 6.91. The van der Waals surface area contributed by atoms with Crippen molar-refractivity contribution in [1.82, 2.24) is 10.6 Å². The van der Waals surface area contributed by atoms with E-state index in [0.717, 1.165) is 12.3 Å². The topological polar surface area (TPSA) is 85.9 Å². The minimum absolute atomic E-state index is 0.240. The minimum atomic E-state index is -3.73. The number of hydrogen-bond donors (Lipinski definition) is 2. The minimum Gasteiger partial charge on any atom is -0.491 e. The van der Waals surface area contributed by atoms with Crippen molar-refractivity contribution in [2.24, 2.45) is 0 Å². The molecule has 0 aromatic carbocycles. The van der Waals surface area contributed by atoms with E-state index in [2.05, 4.69) is 33.3 Å². The van der Waals surface area contributed by atoms with Gasteiger partial charge in [0.15, 0.2) is 18.1 Å². The van der Waals surface area contributed by atoms with Crippen LogP contribution in [0.5, 0.6) is 0 Å². The fraction of sp³-hybridized carbons (Fsp3) is 0.286. The number of ether oxygens (including phenoxy) is 3. The lowest BCUT2D eigenvalue weighted by molar-refractivity contribution is -0.326. The molecule has 0 unspecified atom stereocenters. The second-order valence-corrected chi connectivity index (χ2v) is 4.23. The summed E-state index contributed by atoms with van der Waals surface area (Å²) in [6, 6.07) is 0. The zero-order valence-corrected chi connectivity index (χ0v) is 12.1. The van der Waals surface area contributed by atoms with E-state index in [-0.39, 0.29) is 18.1 Å². The maximum atomic E-state index is 12.7. The average molecular weight is 330 g/mol. The summed E-state index contributed by atoms with van der Waals surface area (Å²) in [7, 11) is 0. The summed E-state index contributed by atoms with van der Waals surface area (Å²) in [5.41, 5.74) is 0.425. The van der Waals surface area contributed by atoms with Crippen LogP contribution in [0.4, 0.5) is 8.78 Å². The van der Waals surface area contributed by atoms with Crippen LogP contribution >= 0.6 is 0 Å². The van der Waals surface area contributed by atoms with Crippen LogP contribution in [0.2, 0.25) is 0 Å². The summed E-state index contributed by atoms with van der Waals surface area (Å²) in [6.07, 6.45) is 0.737. The number of carbonyl (C=O) groups is 2. The Morgan fingerprint density at radius 1 is 1.39 bits per heavy atom. The number of alkyl halides is 2. The summed E-state index contributed by atoms with van der Waals surface area (Å²) < 4.78 is 38.5. The zero-order chi connectivity index (χ0) is 17.3. The summed E-state index contributed by atoms with van der Waals surface area (Å²) >= 11 is 0. The Morgan fingerprint density at radius 2 is 2.13 bits per heavy atom. The number of halogens is 2. The Morgan fingerprint density at radius 3 is 2.74 bits per heavy atom. The molecule has 9 heteroatoms. The van der Waals surface area contributed by atoms with Crippen LogP contribution in [-0.4, -0.2) is 31.8 Å². The van der Waals surface area contributed by atoms with Crippen molar-refractivity contribution in [3.63, 3.8) is 0 Å². The molecule has 1 rings (SSSR count). The van der Waals surface area contributed by atoms with Crippen LogP contribution < -0.4 is 10.6 Å². The van der Waals surface area contributed by atoms with Gasteiger partial charge in [-0.2, -0.15) is 0 Å². The van der Waals surface area contributed by atoms with Crippen LogP contribution in [0.1, 0.15) is 6.42 Å². The molecule has 1 fully saturated rings. The summed E-state index contributed by atoms with van der Waals surface area (Å²) in [5.74, 6) is -0.997. The molecule has 0 aromatic rings. The smallest absolute Gasteiger partial charge is 0.491 e. The summed E-state index contributed by atoms with van der Waals surface area (Å²) in [5, 5.41) is 4.89. The van der Waals surface area contributed by atoms with Gasteiger partial charge in [-0.25, -0.2) is 0 Å². The number of carbonyl (C=O) groups excluding carboxylic acids is 2. The predicted molar refractivity (Wildman–Crippen MR) is 75.4 cm³/mol. The van der Waals surface area contributed by atoms with Gasteiger partial charge in [-0.1, -0.05) is 13.2 Å². The molecule has 0 atom stereocenters. The SMILES string of the molecule is C=C(CCNC=O)NC(=O)CO/C=C/C=C1/OC(F)(F)OC1=C. The van der Waals surface area contributed by atoms with E-state index in [1.807, 2.05) is 0 Å². The molecule has 1 saturated heterocycles. The van der Waals surface area contributed by atoms with E-state index >= 15 is 0 Å². The molecular weight excluding hydrogens is 314 g/mol. The van der Waals surface area contributed by atoms with Crippen LogP contribution in [0.15, 0.2) is 48.8 Å². The second kappa shape index (κ2) is 8.57. The molecule has 0 aromatic heterocycles. The van der Waals surface area contributed by atoms with E-state index < -0.39 is 12.2 Å². The molecule has 2 amide bonds. The highest BCUT2D eigenvalue weighted by molar-refractivity contribution is 5.78. The third-order valence-corrected chi connectivity index (χ3v) is 2.35. The van der Waals surface area contributed by atoms with Gasteiger partial charge in [-0.3, -0.25) is 9.59 Å². The van der Waals surface area contributed by atoms with E-state index in [0.29, 0.717) is 25.1 Å². The third kappa shape index (κ3) is 7.11. The third-order valence-electron chi connectivity index (χ3n) is 2.35. The van der Waals surface area contributed by atoms with Crippen LogP contribution in [0.3, 0.4) is 0 Å². The van der Waals surface area contributed by atoms with Crippen molar-refractivity contribution in [2.75, 3.05) is 13.2 Å². The van der Waals surface area contributed by atoms with Gasteiger partial charge in [-0.15, -0.1) is 8.78 Å². The molecule has 0 bridgehead atoms. The molecule has 1 heterocycles. The predicted octanol–water partition coefficient (Wildman–Crippen LogP) is 1.28. The Labute approximate surface area is 131 Å². The number of rotatable bonds is 9. The van der Waals surface area contributed by atoms with Crippen molar-refractivity contribution in [3.8, 4) is 0 Å². The Hall–Kier alpha value is -2.84. The van der Waals surface area contributed by atoms with Gasteiger partial charge < -0.3 is 24.8 Å². The lowest BCUT2D eigenvalue weighted by Crippen LogP contribution is -2.27. The van der Waals surface area contributed by atoms with Crippen molar-refractivity contribution >= 4 is 12.3 Å². The quantitative estimate of drug-likeness (QED) is 0.378. The standard InChI is InChI=1S/C14H16F2N2O5/c1-10(5-6-17-9-19)18-13(20)8-21-7-3-4-12-11(2)22-14(15,16)23-12/h3-4,7,9H,1-2,5-6,8H2,(H,17,19)(H,18,20)/b7-3+,12-4+. The molecule has 126 valence electrons. The molecule has 2 N–H and O–H groups in total. The largest absolute Gasteiger partial charge is 0.586 e. The maximum Gasteiger partial charge on any atom is 0.586 e. The van der Waals surface area contributed by atoms with Gasteiger partial charge in [0.25, 0.3) is 5.91 Å². The van der Waals surface area contributed by atoms with Gasteiger partial charge in [0.05, 0.1) is 6.26 Å². The van der Waals surface area contributed by atoms with E-state index in [1.165, 1.54) is 6.08 Å². The first-order chi connectivity index (χ1) is 10.8. The molecule has 0 aliphatic carbocycles. The van der Waals surface area contributed by atoms with Gasteiger partial charge in [0.1, 0.15) is 0 Å². The first kappa shape index (κ1) is 18.2. The van der Waals surface area contributed by atoms with Crippen molar-refractivity contribution in [3.05, 3.63) is 48.8 Å². The van der Waals surface area contributed by atoms with Crippen LogP contribution in [0.25, 0.3) is 0 Å². The van der Waals surface area contributed by atoms with Gasteiger partial charge in [0, 0.05) is 18.7 Å². The fourth-order valence-electron chi connectivity index (χ4n) is 1.41. The molecule has 0 saturated carbocycles. The van der Waals surface area contributed by atoms with Gasteiger partial charge in [-0.05, 0) is 12.2 Å². The highest BCUT2D eigenvalue weighted by Gasteiger charge is 2.44. The van der Waals surface area contributed by atoms with Crippen LogP contribution in [0, 0.1) is 0 Å². The number of allylic oxidation sites excluding steroid dienone is 2. The van der Waals surface area contributed by atoms with E-state index in [4.69, 9.17) is 4.74 Å². The van der Waals surface area contributed by atoms with Gasteiger partial charge >= 0.3 is 6.29 Å². The number of amides is 2. The van der Waals surface area contributed by atoms with Crippen molar-refractivity contribution in [2.45, 2.75) is 12.7 Å². The molecule has 0 radical (unpaired) electrons. The normalized spacial score (nSPS) is 17.5. The zero-order valence-electron chi connectivity index (χ0n) is 12.1. The maximum absolute atomic E-state index is 12.7. The van der Waals surface area contributed by atoms with Crippen LogP contribution in [-0.2, 0) is 23.8 Å². The highest BCUT2D eigenvalue weighted by Crippen LogP contribution is 2.35. The van der Waals surface area contributed by atoms with E-state index in [9.17, 15) is 18.4 Å².